The summed E-state index contributed by atoms with van der Waals surface area (Å²) in [5.74, 6) is 1.37. The third kappa shape index (κ3) is 3.73. The molecule has 6 heteroatoms. The van der Waals surface area contributed by atoms with E-state index in [4.69, 9.17) is 4.74 Å². The predicted molar refractivity (Wildman–Crippen MR) is 68.5 cm³/mol. The molecule has 2 heterocycles. The second-order valence-electron chi connectivity index (χ2n) is 3.79. The highest BCUT2D eigenvalue weighted by molar-refractivity contribution is 5.36. The number of ether oxygens (including phenoxy) is 1. The van der Waals surface area contributed by atoms with Crippen molar-refractivity contribution in [3.8, 4) is 5.88 Å². The minimum atomic E-state index is 0.605. The summed E-state index contributed by atoms with van der Waals surface area (Å²) in [7, 11) is 0. The minimum absolute atomic E-state index is 0.605. The van der Waals surface area contributed by atoms with E-state index in [-0.39, 0.29) is 0 Å². The van der Waals surface area contributed by atoms with Crippen LogP contribution in [0.25, 0.3) is 0 Å². The van der Waals surface area contributed by atoms with Gasteiger partial charge in [0.2, 0.25) is 5.88 Å². The first-order valence-electron chi connectivity index (χ1n) is 6.04. The zero-order valence-electron chi connectivity index (χ0n) is 10.4. The molecule has 0 radical (unpaired) electrons. The molecule has 0 bridgehead atoms. The summed E-state index contributed by atoms with van der Waals surface area (Å²) in [5, 5.41) is 7.33. The Labute approximate surface area is 106 Å². The Hall–Kier alpha value is -2.11. The summed E-state index contributed by atoms with van der Waals surface area (Å²) in [4.78, 5) is 8.18. The molecule has 2 aromatic heterocycles. The number of anilines is 1. The molecule has 0 spiro atoms. The summed E-state index contributed by atoms with van der Waals surface area (Å²) in [5.41, 5.74) is 0. The van der Waals surface area contributed by atoms with Crippen LogP contribution in [0, 0.1) is 0 Å². The second kappa shape index (κ2) is 6.58. The van der Waals surface area contributed by atoms with E-state index in [1.807, 2.05) is 16.9 Å². The van der Waals surface area contributed by atoms with Gasteiger partial charge in [0.1, 0.15) is 12.1 Å². The molecule has 0 unspecified atom stereocenters. The van der Waals surface area contributed by atoms with Crippen molar-refractivity contribution in [2.45, 2.75) is 19.9 Å². The maximum absolute atomic E-state index is 5.44. The summed E-state index contributed by atoms with van der Waals surface area (Å²) >= 11 is 0. The standard InChI is InChI=1S/C12H17N5O/c1-2-8-18-12-9-11(14-10-15-12)13-5-7-17-6-3-4-16-17/h3-4,6,9-10H,2,5,7-8H2,1H3,(H,13,14,15). The molecule has 2 rings (SSSR count). The van der Waals surface area contributed by atoms with Gasteiger partial charge in [-0.3, -0.25) is 4.68 Å². The predicted octanol–water partition coefficient (Wildman–Crippen LogP) is 1.57. The van der Waals surface area contributed by atoms with Crippen LogP contribution in [0.3, 0.4) is 0 Å². The van der Waals surface area contributed by atoms with Crippen molar-refractivity contribution in [2.24, 2.45) is 0 Å². The normalized spacial score (nSPS) is 10.3. The highest BCUT2D eigenvalue weighted by Gasteiger charge is 1.99. The third-order valence-electron chi connectivity index (χ3n) is 2.30. The quantitative estimate of drug-likeness (QED) is 0.804. The van der Waals surface area contributed by atoms with Gasteiger partial charge in [-0.25, -0.2) is 9.97 Å². The van der Waals surface area contributed by atoms with Crippen LogP contribution < -0.4 is 10.1 Å². The van der Waals surface area contributed by atoms with Crippen LogP contribution in [0.5, 0.6) is 5.88 Å². The van der Waals surface area contributed by atoms with E-state index >= 15 is 0 Å². The molecule has 96 valence electrons. The van der Waals surface area contributed by atoms with Crippen LogP contribution in [0.15, 0.2) is 30.9 Å². The summed E-state index contributed by atoms with van der Waals surface area (Å²) in [6.45, 7) is 4.28. The lowest BCUT2D eigenvalue weighted by Crippen LogP contribution is -2.11. The first kappa shape index (κ1) is 12.3. The zero-order chi connectivity index (χ0) is 12.6. The van der Waals surface area contributed by atoms with Crippen molar-refractivity contribution in [3.63, 3.8) is 0 Å². The first-order chi connectivity index (χ1) is 8.88. The zero-order valence-corrected chi connectivity index (χ0v) is 10.4. The van der Waals surface area contributed by atoms with Crippen LogP contribution in [-0.2, 0) is 6.54 Å². The molecule has 0 aliphatic heterocycles. The van der Waals surface area contributed by atoms with Crippen LogP contribution >= 0.6 is 0 Å². The van der Waals surface area contributed by atoms with Crippen LogP contribution in [0.4, 0.5) is 5.82 Å². The van der Waals surface area contributed by atoms with Crippen molar-refractivity contribution < 1.29 is 4.74 Å². The van der Waals surface area contributed by atoms with Gasteiger partial charge in [-0.15, -0.1) is 0 Å². The van der Waals surface area contributed by atoms with E-state index in [0.29, 0.717) is 12.5 Å². The molecule has 0 atom stereocenters. The topological polar surface area (TPSA) is 64.9 Å². The molecule has 2 aromatic rings. The smallest absolute Gasteiger partial charge is 0.218 e. The minimum Gasteiger partial charge on any atom is -0.478 e. The average molecular weight is 247 g/mol. The van der Waals surface area contributed by atoms with Gasteiger partial charge in [0.05, 0.1) is 13.2 Å². The Morgan fingerprint density at radius 3 is 3.11 bits per heavy atom. The van der Waals surface area contributed by atoms with E-state index in [1.54, 1.807) is 12.3 Å². The molecule has 1 N–H and O–H groups in total. The average Bonchev–Trinajstić information content (AvgIpc) is 2.90. The Morgan fingerprint density at radius 1 is 1.39 bits per heavy atom. The largest absolute Gasteiger partial charge is 0.478 e. The third-order valence-corrected chi connectivity index (χ3v) is 2.30. The van der Waals surface area contributed by atoms with Gasteiger partial charge in [-0.2, -0.15) is 5.10 Å². The maximum atomic E-state index is 5.44. The van der Waals surface area contributed by atoms with Crippen molar-refractivity contribution in [1.82, 2.24) is 19.7 Å². The number of nitrogens with one attached hydrogen (secondary N) is 1. The second-order valence-corrected chi connectivity index (χ2v) is 3.79. The Balaban J connectivity index is 1.81. The fourth-order valence-electron chi connectivity index (χ4n) is 1.45. The molecule has 0 saturated heterocycles. The maximum Gasteiger partial charge on any atom is 0.218 e. The van der Waals surface area contributed by atoms with Gasteiger partial charge in [0, 0.05) is 25.0 Å². The number of rotatable bonds is 7. The number of aromatic nitrogens is 4. The molecule has 0 amide bonds. The number of hydrogen-bond acceptors (Lipinski definition) is 5. The van der Waals surface area contributed by atoms with Crippen molar-refractivity contribution in [1.29, 1.82) is 0 Å². The van der Waals surface area contributed by atoms with Gasteiger partial charge in [-0.1, -0.05) is 6.92 Å². The highest BCUT2D eigenvalue weighted by atomic mass is 16.5. The monoisotopic (exact) mass is 247 g/mol. The summed E-state index contributed by atoms with van der Waals surface area (Å²) < 4.78 is 7.30. The molecular formula is C12H17N5O. The van der Waals surface area contributed by atoms with Crippen LogP contribution in [0.1, 0.15) is 13.3 Å². The van der Waals surface area contributed by atoms with Gasteiger partial charge in [0.15, 0.2) is 0 Å². The van der Waals surface area contributed by atoms with Crippen molar-refractivity contribution >= 4 is 5.82 Å². The molecule has 0 fully saturated rings. The summed E-state index contributed by atoms with van der Waals surface area (Å²) in [6.07, 6.45) is 6.16. The van der Waals surface area contributed by atoms with Gasteiger partial charge >= 0.3 is 0 Å². The first-order valence-corrected chi connectivity index (χ1v) is 6.04. The Morgan fingerprint density at radius 2 is 2.33 bits per heavy atom. The molecule has 0 aliphatic carbocycles. The van der Waals surface area contributed by atoms with Gasteiger partial charge < -0.3 is 10.1 Å². The SMILES string of the molecule is CCCOc1cc(NCCn2cccn2)ncn1. The van der Waals surface area contributed by atoms with Gasteiger partial charge in [0.25, 0.3) is 0 Å². The van der Waals surface area contributed by atoms with Crippen LogP contribution in [0.2, 0.25) is 0 Å². The summed E-state index contributed by atoms with van der Waals surface area (Å²) in [6, 6.07) is 3.71. The van der Waals surface area contributed by atoms with E-state index in [0.717, 1.165) is 25.3 Å². The fraction of sp³-hybridized carbons (Fsp3) is 0.417. The Kier molecular flexibility index (Phi) is 4.52. The molecule has 0 aliphatic rings. The van der Waals surface area contributed by atoms with Crippen LogP contribution in [-0.4, -0.2) is 32.9 Å². The highest BCUT2D eigenvalue weighted by Crippen LogP contribution is 2.10. The lowest BCUT2D eigenvalue weighted by molar-refractivity contribution is 0.305. The Bertz CT molecular complexity index is 457. The molecule has 18 heavy (non-hydrogen) atoms. The lowest BCUT2D eigenvalue weighted by atomic mass is 10.5. The number of hydrogen-bond donors (Lipinski definition) is 1. The van der Waals surface area contributed by atoms with E-state index in [1.165, 1.54) is 6.33 Å². The van der Waals surface area contributed by atoms with E-state index in [2.05, 4.69) is 27.3 Å². The molecule has 0 saturated carbocycles. The van der Waals surface area contributed by atoms with Gasteiger partial charge in [-0.05, 0) is 12.5 Å². The molecular weight excluding hydrogens is 230 g/mol. The van der Waals surface area contributed by atoms with Crippen molar-refractivity contribution in [2.75, 3.05) is 18.5 Å². The molecule has 6 nitrogen and oxygen atoms in total. The van der Waals surface area contributed by atoms with E-state index < -0.39 is 0 Å². The number of nitrogens with zero attached hydrogens (tertiary/aromatic N) is 4. The lowest BCUT2D eigenvalue weighted by Gasteiger charge is -2.07. The van der Waals surface area contributed by atoms with Crippen molar-refractivity contribution in [3.05, 3.63) is 30.9 Å². The fourth-order valence-corrected chi connectivity index (χ4v) is 1.45. The van der Waals surface area contributed by atoms with E-state index in [9.17, 15) is 0 Å². The molecule has 0 aromatic carbocycles.